The number of carboxylic acids is 1. The molecule has 0 radical (unpaired) electrons. The molecule has 0 aliphatic carbocycles. The standard InChI is InChI=1S/C5H11B2NO3/c1-2-8-3(4(9)10)5(6,7)11-2/h2-3,8H,6-7H2,1H3,(H,9,10). The average molecular weight is 155 g/mol. The number of carbonyl (C=O) groups is 1. The highest BCUT2D eigenvalue weighted by atomic mass is 16.5. The van der Waals surface area contributed by atoms with Crippen LogP contribution < -0.4 is 5.32 Å². The van der Waals surface area contributed by atoms with Crippen molar-refractivity contribution in [2.75, 3.05) is 0 Å². The number of hydrogen-bond donors (Lipinski definition) is 2. The molecule has 2 unspecified atom stereocenters. The summed E-state index contributed by atoms with van der Waals surface area (Å²) in [6.45, 7) is 1.80. The van der Waals surface area contributed by atoms with Gasteiger partial charge in [0.2, 0.25) is 0 Å². The molecule has 0 aromatic carbocycles. The predicted molar refractivity (Wildman–Crippen MR) is 44.9 cm³/mol. The molecule has 0 saturated carbocycles. The summed E-state index contributed by atoms with van der Waals surface area (Å²) in [6, 6.07) is -0.600. The largest absolute Gasteiger partial charge is 0.480 e. The number of hydrogen-bond acceptors (Lipinski definition) is 3. The number of rotatable bonds is 1. The smallest absolute Gasteiger partial charge is 0.322 e. The Morgan fingerprint density at radius 2 is 2.27 bits per heavy atom. The lowest BCUT2D eigenvalue weighted by Crippen LogP contribution is -2.50. The summed E-state index contributed by atoms with van der Waals surface area (Å²) in [7, 11) is 3.53. The van der Waals surface area contributed by atoms with Gasteiger partial charge in [-0.25, -0.2) is 0 Å². The highest BCUT2D eigenvalue weighted by Crippen LogP contribution is 2.17. The summed E-state index contributed by atoms with van der Waals surface area (Å²) in [5.74, 6) is -0.862. The fourth-order valence-electron chi connectivity index (χ4n) is 1.36. The molecule has 0 amide bonds. The molecule has 4 nitrogen and oxygen atoms in total. The van der Waals surface area contributed by atoms with Gasteiger partial charge in [-0.3, -0.25) is 10.1 Å². The highest BCUT2D eigenvalue weighted by molar-refractivity contribution is 6.41. The van der Waals surface area contributed by atoms with Crippen molar-refractivity contribution in [3.05, 3.63) is 0 Å². The Morgan fingerprint density at radius 1 is 1.73 bits per heavy atom. The van der Waals surface area contributed by atoms with E-state index < -0.39 is 17.4 Å². The van der Waals surface area contributed by atoms with Gasteiger partial charge < -0.3 is 9.84 Å². The van der Waals surface area contributed by atoms with Crippen LogP contribution in [0.4, 0.5) is 0 Å². The lowest BCUT2D eigenvalue weighted by Gasteiger charge is -2.21. The van der Waals surface area contributed by atoms with E-state index in [-0.39, 0.29) is 6.23 Å². The third-order valence-electron chi connectivity index (χ3n) is 1.82. The van der Waals surface area contributed by atoms with Gasteiger partial charge in [-0.05, 0) is 6.92 Å². The van der Waals surface area contributed by atoms with Gasteiger partial charge >= 0.3 is 5.97 Å². The van der Waals surface area contributed by atoms with Crippen LogP contribution in [-0.4, -0.2) is 44.4 Å². The van der Waals surface area contributed by atoms with Gasteiger partial charge in [-0.15, -0.1) is 0 Å². The summed E-state index contributed by atoms with van der Waals surface area (Å²) in [4.78, 5) is 10.6. The van der Waals surface area contributed by atoms with Crippen molar-refractivity contribution in [1.82, 2.24) is 5.32 Å². The van der Waals surface area contributed by atoms with Crippen molar-refractivity contribution >= 4 is 21.7 Å². The Balaban J connectivity index is 2.74. The van der Waals surface area contributed by atoms with Gasteiger partial charge in [0.1, 0.15) is 28.0 Å². The SMILES string of the molecule is BC1(B)OC(C)NC1C(=O)O. The highest BCUT2D eigenvalue weighted by Gasteiger charge is 2.43. The maximum absolute atomic E-state index is 10.6. The van der Waals surface area contributed by atoms with E-state index in [1.54, 1.807) is 22.6 Å². The minimum atomic E-state index is -0.862. The Labute approximate surface area is 67.1 Å². The first-order chi connectivity index (χ1) is 4.93. The number of aliphatic carboxylic acids is 1. The average Bonchev–Trinajstić information content (AvgIpc) is 2.04. The molecule has 60 valence electrons. The van der Waals surface area contributed by atoms with Crippen LogP contribution in [0.15, 0.2) is 0 Å². The van der Waals surface area contributed by atoms with E-state index in [4.69, 9.17) is 9.84 Å². The second-order valence-corrected chi connectivity index (χ2v) is 3.30. The number of carboxylic acid groups (broad SMARTS) is 1. The molecule has 0 aromatic rings. The summed E-state index contributed by atoms with van der Waals surface area (Å²) >= 11 is 0. The zero-order chi connectivity index (χ0) is 8.65. The molecule has 1 heterocycles. The third kappa shape index (κ3) is 1.57. The van der Waals surface area contributed by atoms with Crippen LogP contribution in [0.3, 0.4) is 0 Å². The van der Waals surface area contributed by atoms with E-state index in [1.165, 1.54) is 0 Å². The van der Waals surface area contributed by atoms with Crippen LogP contribution in [0.5, 0.6) is 0 Å². The molecule has 1 fully saturated rings. The topological polar surface area (TPSA) is 58.6 Å². The first kappa shape index (κ1) is 8.61. The van der Waals surface area contributed by atoms with Crippen LogP contribution in [0.1, 0.15) is 6.92 Å². The summed E-state index contributed by atoms with van der Waals surface area (Å²) in [6.07, 6.45) is -0.175. The molecule has 1 rings (SSSR count). The van der Waals surface area contributed by atoms with Crippen molar-refractivity contribution in [2.45, 2.75) is 24.6 Å². The summed E-state index contributed by atoms with van der Waals surface area (Å²) < 4.78 is 5.33. The summed E-state index contributed by atoms with van der Waals surface area (Å²) in [5, 5.41) is 10.9. The van der Waals surface area contributed by atoms with Crippen molar-refractivity contribution in [3.63, 3.8) is 0 Å². The van der Waals surface area contributed by atoms with Crippen LogP contribution in [0.25, 0.3) is 0 Å². The van der Waals surface area contributed by atoms with Crippen LogP contribution in [0, 0.1) is 0 Å². The van der Waals surface area contributed by atoms with Crippen LogP contribution in [-0.2, 0) is 9.53 Å². The van der Waals surface area contributed by atoms with E-state index >= 15 is 0 Å². The van der Waals surface area contributed by atoms with Gasteiger partial charge in [0.15, 0.2) is 0 Å². The Morgan fingerprint density at radius 3 is 2.45 bits per heavy atom. The molecule has 0 bridgehead atoms. The van der Waals surface area contributed by atoms with Gasteiger partial charge in [0.25, 0.3) is 0 Å². The van der Waals surface area contributed by atoms with Crippen LogP contribution >= 0.6 is 0 Å². The maximum atomic E-state index is 10.6. The minimum absolute atomic E-state index is 0.175. The zero-order valence-electron chi connectivity index (χ0n) is 6.92. The van der Waals surface area contributed by atoms with Crippen LogP contribution in [0.2, 0.25) is 0 Å². The normalized spacial score (nSPS) is 35.4. The minimum Gasteiger partial charge on any atom is -0.480 e. The third-order valence-corrected chi connectivity index (χ3v) is 1.82. The first-order valence-corrected chi connectivity index (χ1v) is 3.60. The monoisotopic (exact) mass is 155 g/mol. The van der Waals surface area contributed by atoms with Gasteiger partial charge in [-0.1, -0.05) is 0 Å². The quantitative estimate of drug-likeness (QED) is 0.405. The first-order valence-electron chi connectivity index (χ1n) is 3.60. The Hall–Kier alpha value is -0.480. The van der Waals surface area contributed by atoms with E-state index in [0.717, 1.165) is 0 Å². The molecule has 6 heteroatoms. The van der Waals surface area contributed by atoms with Crippen molar-refractivity contribution < 1.29 is 14.6 Å². The van der Waals surface area contributed by atoms with Gasteiger partial charge in [0, 0.05) is 5.40 Å². The second kappa shape index (κ2) is 2.53. The number of nitrogens with one attached hydrogen (secondary N) is 1. The number of ether oxygens (including phenoxy) is 1. The van der Waals surface area contributed by atoms with Crippen molar-refractivity contribution in [3.8, 4) is 0 Å². The lowest BCUT2D eigenvalue weighted by molar-refractivity contribution is -0.139. The van der Waals surface area contributed by atoms with Crippen molar-refractivity contribution in [1.29, 1.82) is 0 Å². The Kier molecular flexibility index (Phi) is 1.98. The maximum Gasteiger partial charge on any atom is 0.322 e. The molecule has 2 N–H and O–H groups in total. The molecule has 2 atom stereocenters. The fraction of sp³-hybridized carbons (Fsp3) is 0.800. The van der Waals surface area contributed by atoms with Gasteiger partial charge in [-0.2, -0.15) is 0 Å². The second-order valence-electron chi connectivity index (χ2n) is 3.30. The molecular formula is C5H11B2NO3. The van der Waals surface area contributed by atoms with E-state index in [9.17, 15) is 4.79 Å². The zero-order valence-corrected chi connectivity index (χ0v) is 6.92. The van der Waals surface area contributed by atoms with E-state index in [1.807, 2.05) is 0 Å². The molecular weight excluding hydrogens is 144 g/mol. The molecule has 1 saturated heterocycles. The molecule has 1 aliphatic heterocycles. The lowest BCUT2D eigenvalue weighted by atomic mass is 9.61. The molecule has 0 spiro atoms. The molecule has 0 aromatic heterocycles. The van der Waals surface area contributed by atoms with E-state index in [2.05, 4.69) is 5.32 Å². The summed E-state index contributed by atoms with van der Waals surface area (Å²) in [5.41, 5.74) is 0. The predicted octanol–water partition coefficient (Wildman–Crippen LogP) is -2.67. The van der Waals surface area contributed by atoms with Crippen molar-refractivity contribution in [2.24, 2.45) is 0 Å². The van der Waals surface area contributed by atoms with Gasteiger partial charge in [0.05, 0.1) is 0 Å². The fourth-order valence-corrected chi connectivity index (χ4v) is 1.36. The Bertz CT molecular complexity index is 185. The molecule has 11 heavy (non-hydrogen) atoms. The van der Waals surface area contributed by atoms with E-state index in [0.29, 0.717) is 0 Å². The molecule has 1 aliphatic rings.